The number of carbonyl (C=O) groups is 1. The minimum Gasteiger partial charge on any atom is -0.391 e. The summed E-state index contributed by atoms with van der Waals surface area (Å²) in [6, 6.07) is 0. The molecule has 3 heteroatoms. The average Bonchev–Trinajstić information content (AvgIpc) is 2.17. The van der Waals surface area contributed by atoms with Crippen LogP contribution in [0.25, 0.3) is 0 Å². The van der Waals surface area contributed by atoms with Crippen molar-refractivity contribution in [3.63, 3.8) is 0 Å². The van der Waals surface area contributed by atoms with Crippen LogP contribution in [0.5, 0.6) is 0 Å². The highest BCUT2D eigenvalue weighted by molar-refractivity contribution is 5.76. The van der Waals surface area contributed by atoms with E-state index in [1.165, 1.54) is 12.8 Å². The van der Waals surface area contributed by atoms with Crippen molar-refractivity contribution < 1.29 is 9.90 Å². The molecule has 1 N–H and O–H groups in total. The van der Waals surface area contributed by atoms with Crippen LogP contribution in [-0.4, -0.2) is 35.1 Å². The fourth-order valence-corrected chi connectivity index (χ4v) is 1.84. The average molecular weight is 213 g/mol. The van der Waals surface area contributed by atoms with Crippen molar-refractivity contribution >= 4 is 5.91 Å². The molecule has 88 valence electrons. The number of hydrogen-bond acceptors (Lipinski definition) is 2. The predicted molar refractivity (Wildman–Crippen MR) is 60.5 cm³/mol. The third-order valence-corrected chi connectivity index (χ3v) is 3.10. The number of likely N-dealkylation sites (tertiary alicyclic amines) is 1. The van der Waals surface area contributed by atoms with Gasteiger partial charge in [-0.05, 0) is 18.8 Å². The van der Waals surface area contributed by atoms with Gasteiger partial charge < -0.3 is 10.0 Å². The van der Waals surface area contributed by atoms with Crippen LogP contribution < -0.4 is 0 Å². The molecular formula is C12H23NO2. The molecule has 15 heavy (non-hydrogen) atoms. The Morgan fingerprint density at radius 1 is 1.27 bits per heavy atom. The van der Waals surface area contributed by atoms with Gasteiger partial charge in [-0.25, -0.2) is 0 Å². The minimum atomic E-state index is -0.381. The van der Waals surface area contributed by atoms with Gasteiger partial charge in [0.05, 0.1) is 6.10 Å². The van der Waals surface area contributed by atoms with Gasteiger partial charge in [0.2, 0.25) is 5.91 Å². The molecule has 1 atom stereocenters. The Morgan fingerprint density at radius 2 is 1.93 bits per heavy atom. The Hall–Kier alpha value is -0.570. The van der Waals surface area contributed by atoms with Gasteiger partial charge in [0.1, 0.15) is 0 Å². The molecule has 1 aliphatic heterocycles. The normalized spacial score (nSPS) is 21.3. The van der Waals surface area contributed by atoms with Crippen LogP contribution in [0.1, 0.15) is 46.0 Å². The molecule has 0 aromatic heterocycles. The van der Waals surface area contributed by atoms with Crippen molar-refractivity contribution in [3.8, 4) is 0 Å². The quantitative estimate of drug-likeness (QED) is 0.776. The molecule has 0 radical (unpaired) electrons. The molecule has 3 nitrogen and oxygen atoms in total. The molecule has 0 aromatic rings. The largest absolute Gasteiger partial charge is 0.391 e. The van der Waals surface area contributed by atoms with Gasteiger partial charge in [-0.1, -0.05) is 26.7 Å². The Balaban J connectivity index is 2.45. The summed E-state index contributed by atoms with van der Waals surface area (Å²) in [6.45, 7) is 5.30. The summed E-state index contributed by atoms with van der Waals surface area (Å²) >= 11 is 0. The Bertz CT molecular complexity index is 204. The maximum Gasteiger partial charge on any atom is 0.222 e. The monoisotopic (exact) mass is 213 g/mol. The SMILES string of the molecule is CC(C)C(O)CN1CCCCCCC1=O. The van der Waals surface area contributed by atoms with Gasteiger partial charge >= 0.3 is 0 Å². The summed E-state index contributed by atoms with van der Waals surface area (Å²) in [5, 5.41) is 9.76. The number of carbonyl (C=O) groups excluding carboxylic acids is 1. The first-order valence-electron chi connectivity index (χ1n) is 6.07. The van der Waals surface area contributed by atoms with E-state index in [1.807, 2.05) is 18.7 Å². The van der Waals surface area contributed by atoms with Gasteiger partial charge in [0.15, 0.2) is 0 Å². The first-order chi connectivity index (χ1) is 7.11. The van der Waals surface area contributed by atoms with E-state index in [4.69, 9.17) is 0 Å². The van der Waals surface area contributed by atoms with Crippen LogP contribution in [0, 0.1) is 5.92 Å². The summed E-state index contributed by atoms with van der Waals surface area (Å²) < 4.78 is 0. The van der Waals surface area contributed by atoms with Gasteiger partial charge in [0.25, 0.3) is 0 Å². The second-order valence-corrected chi connectivity index (χ2v) is 4.82. The second kappa shape index (κ2) is 6.11. The number of nitrogens with zero attached hydrogens (tertiary/aromatic N) is 1. The topological polar surface area (TPSA) is 40.5 Å². The lowest BCUT2D eigenvalue weighted by Crippen LogP contribution is -2.40. The fourth-order valence-electron chi connectivity index (χ4n) is 1.84. The highest BCUT2D eigenvalue weighted by atomic mass is 16.3. The zero-order valence-corrected chi connectivity index (χ0v) is 9.91. The highest BCUT2D eigenvalue weighted by Crippen LogP contribution is 2.13. The highest BCUT2D eigenvalue weighted by Gasteiger charge is 2.20. The molecule has 0 saturated carbocycles. The zero-order valence-electron chi connectivity index (χ0n) is 9.91. The van der Waals surface area contributed by atoms with E-state index in [1.54, 1.807) is 0 Å². The van der Waals surface area contributed by atoms with Crippen LogP contribution in [0.2, 0.25) is 0 Å². The number of β-amino-alcohol motifs (C(OH)–C–C–N with tert-alkyl or cyclic N) is 1. The lowest BCUT2D eigenvalue weighted by molar-refractivity contribution is -0.133. The van der Waals surface area contributed by atoms with Crippen LogP contribution in [0.4, 0.5) is 0 Å². The Morgan fingerprint density at radius 3 is 2.60 bits per heavy atom. The number of aliphatic hydroxyl groups excluding tert-OH is 1. The van der Waals surface area contributed by atoms with E-state index >= 15 is 0 Å². The van der Waals surface area contributed by atoms with Crippen molar-refractivity contribution in [1.82, 2.24) is 4.90 Å². The molecule has 1 heterocycles. The molecule has 1 unspecified atom stereocenters. The first-order valence-corrected chi connectivity index (χ1v) is 6.07. The molecule has 1 fully saturated rings. The minimum absolute atomic E-state index is 0.217. The summed E-state index contributed by atoms with van der Waals surface area (Å²) in [6.07, 6.45) is 4.75. The summed E-state index contributed by atoms with van der Waals surface area (Å²) in [7, 11) is 0. The molecule has 1 rings (SSSR count). The van der Waals surface area contributed by atoms with E-state index < -0.39 is 0 Å². The van der Waals surface area contributed by atoms with Crippen molar-refractivity contribution in [3.05, 3.63) is 0 Å². The van der Waals surface area contributed by atoms with Crippen LogP contribution in [0.3, 0.4) is 0 Å². The Labute approximate surface area is 92.5 Å². The first kappa shape index (κ1) is 12.5. The van der Waals surface area contributed by atoms with E-state index in [0.29, 0.717) is 13.0 Å². The summed E-state index contributed by atoms with van der Waals surface area (Å²) in [5.74, 6) is 0.442. The van der Waals surface area contributed by atoms with Crippen molar-refractivity contribution in [2.24, 2.45) is 5.92 Å². The van der Waals surface area contributed by atoms with Gasteiger partial charge in [-0.3, -0.25) is 4.79 Å². The molecule has 0 aliphatic carbocycles. The maximum absolute atomic E-state index is 11.7. The van der Waals surface area contributed by atoms with E-state index in [0.717, 1.165) is 19.4 Å². The molecule has 0 spiro atoms. The second-order valence-electron chi connectivity index (χ2n) is 4.82. The molecule has 0 aromatic carbocycles. The lowest BCUT2D eigenvalue weighted by Gasteiger charge is -2.28. The summed E-state index contributed by atoms with van der Waals surface area (Å²) in [4.78, 5) is 13.6. The maximum atomic E-state index is 11.7. The molecule has 1 amide bonds. The van der Waals surface area contributed by atoms with Gasteiger partial charge in [0, 0.05) is 19.5 Å². The molecular weight excluding hydrogens is 190 g/mol. The van der Waals surface area contributed by atoms with Crippen molar-refractivity contribution in [2.45, 2.75) is 52.1 Å². The van der Waals surface area contributed by atoms with Gasteiger partial charge in [-0.2, -0.15) is 0 Å². The molecule has 1 saturated heterocycles. The number of hydrogen-bond donors (Lipinski definition) is 1. The van der Waals surface area contributed by atoms with E-state index in [2.05, 4.69) is 0 Å². The third-order valence-electron chi connectivity index (χ3n) is 3.10. The smallest absolute Gasteiger partial charge is 0.222 e. The standard InChI is InChI=1S/C12H23NO2/c1-10(2)11(14)9-13-8-6-4-3-5-7-12(13)15/h10-11,14H,3-9H2,1-2H3. The summed E-state index contributed by atoms with van der Waals surface area (Å²) in [5.41, 5.74) is 0. The van der Waals surface area contributed by atoms with Crippen LogP contribution in [-0.2, 0) is 4.79 Å². The molecule has 1 aliphatic rings. The number of amides is 1. The lowest BCUT2D eigenvalue weighted by atomic mass is 10.0. The number of rotatable bonds is 3. The predicted octanol–water partition coefficient (Wildman–Crippen LogP) is 1.80. The zero-order chi connectivity index (χ0) is 11.3. The fraction of sp³-hybridized carbons (Fsp3) is 0.917. The van der Waals surface area contributed by atoms with E-state index in [-0.39, 0.29) is 17.9 Å². The number of aliphatic hydroxyl groups is 1. The van der Waals surface area contributed by atoms with Gasteiger partial charge in [-0.15, -0.1) is 0 Å². The van der Waals surface area contributed by atoms with Crippen molar-refractivity contribution in [2.75, 3.05) is 13.1 Å². The van der Waals surface area contributed by atoms with Crippen LogP contribution in [0.15, 0.2) is 0 Å². The van der Waals surface area contributed by atoms with E-state index in [9.17, 15) is 9.90 Å². The van der Waals surface area contributed by atoms with Crippen LogP contribution >= 0.6 is 0 Å². The van der Waals surface area contributed by atoms with Crippen molar-refractivity contribution in [1.29, 1.82) is 0 Å². The molecule has 0 bridgehead atoms. The third kappa shape index (κ3) is 4.20. The Kier molecular flexibility index (Phi) is 5.09.